The summed E-state index contributed by atoms with van der Waals surface area (Å²) in [6.45, 7) is 1.83. The van der Waals surface area contributed by atoms with Gasteiger partial charge in [0.25, 0.3) is 5.91 Å². The molecular weight excluding hydrogens is 326 g/mol. The summed E-state index contributed by atoms with van der Waals surface area (Å²) in [7, 11) is 1.62. The zero-order chi connectivity index (χ0) is 18.1. The van der Waals surface area contributed by atoms with Crippen LogP contribution in [0, 0.1) is 6.92 Å². The lowest BCUT2D eigenvalue weighted by atomic mass is 10.1. The predicted molar refractivity (Wildman–Crippen MR) is 103 cm³/mol. The van der Waals surface area contributed by atoms with Crippen LogP contribution in [0.5, 0.6) is 5.75 Å². The molecule has 4 aromatic rings. The number of benzene rings is 2. The van der Waals surface area contributed by atoms with Crippen molar-refractivity contribution in [3.8, 4) is 5.75 Å². The molecule has 0 atom stereocenters. The van der Waals surface area contributed by atoms with E-state index in [-0.39, 0.29) is 5.91 Å². The molecule has 0 saturated heterocycles. The van der Waals surface area contributed by atoms with Crippen molar-refractivity contribution in [2.75, 3.05) is 12.4 Å². The number of carbonyl (C=O) groups excluding carboxylic acids is 1. The first-order valence-electron chi connectivity index (χ1n) is 8.25. The Hall–Kier alpha value is -3.47. The van der Waals surface area contributed by atoms with Crippen molar-refractivity contribution >= 4 is 33.4 Å². The fourth-order valence-corrected chi connectivity index (χ4v) is 2.94. The van der Waals surface area contributed by atoms with Gasteiger partial charge in [-0.1, -0.05) is 18.2 Å². The molecule has 0 bridgehead atoms. The molecule has 5 heteroatoms. The highest BCUT2D eigenvalue weighted by molar-refractivity contribution is 6.07. The molecular formula is C21H17N3O2. The first kappa shape index (κ1) is 16.0. The number of nitrogens with zero attached hydrogens (tertiary/aromatic N) is 2. The Morgan fingerprint density at radius 3 is 2.65 bits per heavy atom. The van der Waals surface area contributed by atoms with Crippen LogP contribution >= 0.6 is 0 Å². The zero-order valence-corrected chi connectivity index (χ0v) is 14.5. The van der Waals surface area contributed by atoms with Crippen LogP contribution in [0.15, 0.2) is 60.8 Å². The van der Waals surface area contributed by atoms with Crippen molar-refractivity contribution in [2.45, 2.75) is 6.92 Å². The largest absolute Gasteiger partial charge is 0.497 e. The third-order valence-electron chi connectivity index (χ3n) is 4.31. The van der Waals surface area contributed by atoms with Crippen molar-refractivity contribution in [1.82, 2.24) is 9.97 Å². The highest BCUT2D eigenvalue weighted by atomic mass is 16.5. The lowest BCUT2D eigenvalue weighted by Crippen LogP contribution is -2.14. The molecule has 2 heterocycles. The molecule has 0 spiro atoms. The number of fused-ring (bicyclic) bond motifs is 2. The van der Waals surface area contributed by atoms with E-state index in [9.17, 15) is 4.79 Å². The van der Waals surface area contributed by atoms with Crippen LogP contribution in [0.1, 0.15) is 16.1 Å². The van der Waals surface area contributed by atoms with E-state index in [1.54, 1.807) is 13.3 Å². The summed E-state index contributed by atoms with van der Waals surface area (Å²) < 4.78 is 5.23. The number of hydrogen-bond acceptors (Lipinski definition) is 4. The summed E-state index contributed by atoms with van der Waals surface area (Å²) in [6.07, 6.45) is 1.66. The number of para-hydroxylation sites is 1. The molecule has 2 aromatic carbocycles. The van der Waals surface area contributed by atoms with Crippen LogP contribution in [-0.2, 0) is 0 Å². The van der Waals surface area contributed by atoms with Gasteiger partial charge < -0.3 is 10.1 Å². The Balaban J connectivity index is 1.67. The van der Waals surface area contributed by atoms with Crippen molar-refractivity contribution in [1.29, 1.82) is 0 Å². The maximum atomic E-state index is 12.7. The maximum absolute atomic E-state index is 12.7. The molecule has 0 aliphatic carbocycles. The zero-order valence-electron chi connectivity index (χ0n) is 14.5. The summed E-state index contributed by atoms with van der Waals surface area (Å²) >= 11 is 0. The van der Waals surface area contributed by atoms with E-state index in [4.69, 9.17) is 4.74 Å². The van der Waals surface area contributed by atoms with E-state index >= 15 is 0 Å². The van der Waals surface area contributed by atoms with Gasteiger partial charge in [-0.3, -0.25) is 14.8 Å². The number of nitrogens with one attached hydrogen (secondary N) is 1. The van der Waals surface area contributed by atoms with Crippen molar-refractivity contribution in [2.24, 2.45) is 0 Å². The predicted octanol–water partition coefficient (Wildman–Crippen LogP) is 4.35. The van der Waals surface area contributed by atoms with Gasteiger partial charge in [-0.25, -0.2) is 0 Å². The average Bonchev–Trinajstić information content (AvgIpc) is 2.66. The normalized spacial score (nSPS) is 10.8. The Bertz CT molecular complexity index is 1140. The second kappa shape index (κ2) is 6.44. The lowest BCUT2D eigenvalue weighted by molar-refractivity contribution is 0.102. The topological polar surface area (TPSA) is 64.1 Å². The van der Waals surface area contributed by atoms with E-state index in [1.807, 2.05) is 61.5 Å². The quantitative estimate of drug-likeness (QED) is 0.600. The molecule has 0 fully saturated rings. The number of amides is 1. The minimum absolute atomic E-state index is 0.204. The summed E-state index contributed by atoms with van der Waals surface area (Å²) in [6, 6.07) is 17.2. The Morgan fingerprint density at radius 1 is 1.00 bits per heavy atom. The fourth-order valence-electron chi connectivity index (χ4n) is 2.94. The highest BCUT2D eigenvalue weighted by Gasteiger charge is 2.13. The van der Waals surface area contributed by atoms with Gasteiger partial charge in [-0.15, -0.1) is 0 Å². The van der Waals surface area contributed by atoms with Crippen LogP contribution < -0.4 is 10.1 Å². The van der Waals surface area contributed by atoms with Gasteiger partial charge in [0.1, 0.15) is 5.75 Å². The Labute approximate surface area is 150 Å². The second-order valence-electron chi connectivity index (χ2n) is 6.05. The lowest BCUT2D eigenvalue weighted by Gasteiger charge is -2.10. The first-order chi connectivity index (χ1) is 12.6. The van der Waals surface area contributed by atoms with Gasteiger partial charge in [-0.05, 0) is 37.3 Å². The molecule has 1 amide bonds. The molecule has 26 heavy (non-hydrogen) atoms. The summed E-state index contributed by atoms with van der Waals surface area (Å²) in [5, 5.41) is 4.78. The Morgan fingerprint density at radius 2 is 1.81 bits per heavy atom. The summed E-state index contributed by atoms with van der Waals surface area (Å²) in [4.78, 5) is 21.6. The van der Waals surface area contributed by atoms with Gasteiger partial charge in [0.05, 0.1) is 41.3 Å². The van der Waals surface area contributed by atoms with Gasteiger partial charge in [-0.2, -0.15) is 0 Å². The third kappa shape index (κ3) is 2.95. The minimum atomic E-state index is -0.204. The number of carbonyl (C=O) groups is 1. The molecule has 0 aliphatic rings. The minimum Gasteiger partial charge on any atom is -0.497 e. The molecule has 0 saturated carbocycles. The molecule has 0 aliphatic heterocycles. The molecule has 0 radical (unpaired) electrons. The summed E-state index contributed by atoms with van der Waals surface area (Å²) in [5.74, 6) is 0.536. The highest BCUT2D eigenvalue weighted by Crippen LogP contribution is 2.23. The SMILES string of the molecule is COc1ccc2cc(C(=O)Nc3cnc4ccccc4c3)c(C)nc2c1. The average molecular weight is 343 g/mol. The third-order valence-corrected chi connectivity index (χ3v) is 4.31. The van der Waals surface area contributed by atoms with Crippen LogP contribution in [0.25, 0.3) is 21.8 Å². The second-order valence-corrected chi connectivity index (χ2v) is 6.05. The molecule has 128 valence electrons. The van der Waals surface area contributed by atoms with Gasteiger partial charge >= 0.3 is 0 Å². The van der Waals surface area contributed by atoms with Crippen molar-refractivity contribution in [3.63, 3.8) is 0 Å². The fraction of sp³-hybridized carbons (Fsp3) is 0.0952. The van der Waals surface area contributed by atoms with Gasteiger partial charge in [0.15, 0.2) is 0 Å². The van der Waals surface area contributed by atoms with Crippen LogP contribution in [0.4, 0.5) is 5.69 Å². The van der Waals surface area contributed by atoms with Crippen molar-refractivity contribution in [3.05, 3.63) is 72.1 Å². The number of pyridine rings is 2. The Kier molecular flexibility index (Phi) is 3.97. The number of rotatable bonds is 3. The van der Waals surface area contributed by atoms with Crippen LogP contribution in [-0.4, -0.2) is 23.0 Å². The van der Waals surface area contributed by atoms with E-state index in [0.29, 0.717) is 16.9 Å². The number of aromatic nitrogens is 2. The number of methoxy groups -OCH3 is 1. The van der Waals surface area contributed by atoms with E-state index in [2.05, 4.69) is 15.3 Å². The monoisotopic (exact) mass is 343 g/mol. The van der Waals surface area contributed by atoms with E-state index in [1.165, 1.54) is 0 Å². The van der Waals surface area contributed by atoms with Crippen LogP contribution in [0.2, 0.25) is 0 Å². The summed E-state index contributed by atoms with van der Waals surface area (Å²) in [5.41, 5.74) is 3.55. The molecule has 5 nitrogen and oxygen atoms in total. The molecule has 2 aromatic heterocycles. The molecule has 4 rings (SSSR count). The smallest absolute Gasteiger partial charge is 0.257 e. The number of anilines is 1. The van der Waals surface area contributed by atoms with Crippen molar-refractivity contribution < 1.29 is 9.53 Å². The van der Waals surface area contributed by atoms with Gasteiger partial charge in [0.2, 0.25) is 0 Å². The molecule has 1 N–H and O–H groups in total. The maximum Gasteiger partial charge on any atom is 0.257 e. The number of hydrogen-bond donors (Lipinski definition) is 1. The number of ether oxygens (including phenoxy) is 1. The van der Waals surface area contributed by atoms with Gasteiger partial charge in [0, 0.05) is 16.8 Å². The number of aryl methyl sites for hydroxylation is 1. The van der Waals surface area contributed by atoms with E-state index in [0.717, 1.165) is 27.6 Å². The van der Waals surface area contributed by atoms with Crippen LogP contribution in [0.3, 0.4) is 0 Å². The first-order valence-corrected chi connectivity index (χ1v) is 8.25. The standard InChI is InChI=1S/C21H17N3O2/c1-13-18(10-15-7-8-17(26-2)11-20(15)23-13)21(25)24-16-9-14-5-3-4-6-19(14)22-12-16/h3-12H,1-2H3,(H,24,25). The van der Waals surface area contributed by atoms with E-state index < -0.39 is 0 Å². The molecule has 0 unspecified atom stereocenters.